The zero-order valence-electron chi connectivity index (χ0n) is 34.0. The van der Waals surface area contributed by atoms with Crippen LogP contribution in [-0.2, 0) is 32.2 Å². The van der Waals surface area contributed by atoms with Crippen molar-refractivity contribution in [2.24, 2.45) is 0 Å². The number of alkyl carbamates (subject to hydrolysis) is 2. The van der Waals surface area contributed by atoms with E-state index in [1.54, 1.807) is 40.5 Å². The Morgan fingerprint density at radius 3 is 2.12 bits per heavy atom. The first-order valence-electron chi connectivity index (χ1n) is 19.8. The molecule has 308 valence electrons. The molecule has 0 radical (unpaired) electrons. The number of aromatic amines is 2. The van der Waals surface area contributed by atoms with E-state index in [0.717, 1.165) is 61.4 Å². The van der Waals surface area contributed by atoms with Crippen molar-refractivity contribution in [3.8, 4) is 22.4 Å². The Balaban J connectivity index is 1.06. The molecule has 4 amide bonds. The largest absolute Gasteiger partial charge is 0.453 e. The highest BCUT2D eigenvalue weighted by atomic mass is 16.5. The second-order valence-corrected chi connectivity index (χ2v) is 14.4. The van der Waals surface area contributed by atoms with Gasteiger partial charge in [0.1, 0.15) is 24.2 Å². The maximum Gasteiger partial charge on any atom is 0.407 e. The highest BCUT2D eigenvalue weighted by molar-refractivity contribution is 6.05. The third-order valence-electron chi connectivity index (χ3n) is 10.2. The van der Waals surface area contributed by atoms with Gasteiger partial charge < -0.3 is 39.9 Å². The number of H-pyrrole nitrogens is 2. The maximum absolute atomic E-state index is 13.8. The van der Waals surface area contributed by atoms with E-state index in [1.807, 2.05) is 26.0 Å². The number of aromatic nitrogens is 5. The van der Waals surface area contributed by atoms with Crippen molar-refractivity contribution in [1.29, 1.82) is 0 Å². The van der Waals surface area contributed by atoms with Gasteiger partial charge in [0.25, 0.3) is 0 Å². The number of nitrogens with zero attached hydrogens (tertiary/aromatic N) is 5. The first-order valence-corrected chi connectivity index (χ1v) is 19.8. The summed E-state index contributed by atoms with van der Waals surface area (Å²) in [7, 11) is 2.52. The molecule has 0 aliphatic carbocycles. The van der Waals surface area contributed by atoms with Crippen LogP contribution in [0.15, 0.2) is 97.5 Å². The van der Waals surface area contributed by atoms with Gasteiger partial charge in [-0.1, -0.05) is 62.4 Å². The minimum absolute atomic E-state index is 0.155. The van der Waals surface area contributed by atoms with Gasteiger partial charge in [-0.2, -0.15) is 0 Å². The highest BCUT2D eigenvalue weighted by Gasteiger charge is 2.29. The third kappa shape index (κ3) is 9.20. The predicted octanol–water partition coefficient (Wildman–Crippen LogP) is 7.25. The topological polar surface area (TPSA) is 188 Å². The van der Waals surface area contributed by atoms with Crippen LogP contribution < -0.4 is 10.6 Å². The van der Waals surface area contributed by atoms with Crippen LogP contribution in [0.4, 0.5) is 9.59 Å². The van der Waals surface area contributed by atoms with E-state index in [1.165, 1.54) is 14.2 Å². The number of fused-ring (bicyclic) bond motifs is 4. The lowest BCUT2D eigenvalue weighted by molar-refractivity contribution is -0.134. The van der Waals surface area contributed by atoms with Crippen molar-refractivity contribution in [3.05, 3.63) is 115 Å². The van der Waals surface area contributed by atoms with Gasteiger partial charge in [0, 0.05) is 42.0 Å². The summed E-state index contributed by atoms with van der Waals surface area (Å²) >= 11 is 0. The van der Waals surface area contributed by atoms with E-state index < -0.39 is 18.2 Å². The van der Waals surface area contributed by atoms with Gasteiger partial charge in [0.05, 0.1) is 50.2 Å². The fourth-order valence-electron chi connectivity index (χ4n) is 7.28. The fourth-order valence-corrected chi connectivity index (χ4v) is 7.28. The number of carbonyl (C=O) groups is 4. The van der Waals surface area contributed by atoms with Crippen molar-refractivity contribution < 1.29 is 28.7 Å². The molecule has 60 heavy (non-hydrogen) atoms. The third-order valence-corrected chi connectivity index (χ3v) is 10.2. The lowest BCUT2D eigenvalue weighted by Crippen LogP contribution is -2.43. The Bertz CT molecular complexity index is 2660. The van der Waals surface area contributed by atoms with E-state index >= 15 is 0 Å². The summed E-state index contributed by atoms with van der Waals surface area (Å²) in [6.07, 6.45) is 5.04. The molecule has 0 bridgehead atoms. The molecular formula is C45H47N9O6. The van der Waals surface area contributed by atoms with Gasteiger partial charge in [-0.3, -0.25) is 14.6 Å². The van der Waals surface area contributed by atoms with E-state index in [4.69, 9.17) is 9.72 Å². The average molecular weight is 810 g/mol. The summed E-state index contributed by atoms with van der Waals surface area (Å²) in [4.78, 5) is 74.1. The SMILES string of the molecule is CCCN(Cc1nc2c(ccc3cc(-c4ccc5cc(-c6cnc(CN(CCC)C(=O)C(NC(=O)OC)c7cccnc7)[nH]6)ccc5c4)ccc32)[nH]1)C(=O)CNC(=O)OC. The molecule has 1 unspecified atom stereocenters. The second kappa shape index (κ2) is 18.5. The summed E-state index contributed by atoms with van der Waals surface area (Å²) in [6.45, 7) is 5.31. The molecule has 7 rings (SSSR count). The summed E-state index contributed by atoms with van der Waals surface area (Å²) < 4.78 is 9.40. The van der Waals surface area contributed by atoms with Gasteiger partial charge >= 0.3 is 12.2 Å². The normalized spacial score (nSPS) is 11.7. The number of amides is 4. The molecule has 0 aliphatic rings. The molecule has 4 aromatic carbocycles. The number of methoxy groups -OCH3 is 2. The summed E-state index contributed by atoms with van der Waals surface area (Å²) in [5.41, 5.74) is 6.17. The van der Waals surface area contributed by atoms with Crippen molar-refractivity contribution in [2.45, 2.75) is 45.8 Å². The molecule has 0 fully saturated rings. The molecule has 0 saturated carbocycles. The molecule has 15 heteroatoms. The lowest BCUT2D eigenvalue weighted by Gasteiger charge is -2.27. The Labute approximate surface area is 346 Å². The number of rotatable bonds is 15. The molecule has 1 atom stereocenters. The van der Waals surface area contributed by atoms with Crippen LogP contribution in [0.1, 0.15) is 49.9 Å². The molecule has 3 aromatic heterocycles. The molecule has 7 aromatic rings. The van der Waals surface area contributed by atoms with Crippen LogP contribution in [0, 0.1) is 0 Å². The summed E-state index contributed by atoms with van der Waals surface area (Å²) in [6, 6.07) is 25.6. The van der Waals surface area contributed by atoms with Crippen LogP contribution in [-0.4, -0.2) is 92.6 Å². The van der Waals surface area contributed by atoms with Gasteiger partial charge in [0.15, 0.2) is 0 Å². The first-order chi connectivity index (χ1) is 29.2. The van der Waals surface area contributed by atoms with Gasteiger partial charge in [0.2, 0.25) is 11.8 Å². The summed E-state index contributed by atoms with van der Waals surface area (Å²) in [5.74, 6) is 0.763. The fraction of sp³-hybridized carbons (Fsp3) is 0.267. The Hall–Kier alpha value is -7.29. The van der Waals surface area contributed by atoms with Gasteiger partial charge in [-0.15, -0.1) is 0 Å². The molecule has 15 nitrogen and oxygen atoms in total. The molecule has 0 spiro atoms. The number of hydrogen-bond acceptors (Lipinski definition) is 9. The molecule has 0 aliphatic heterocycles. The standard InChI is InChI=1S/C45H47N9O6/c1-5-18-53(40(55)25-48-44(57)59-3)27-39-49-36-16-14-32-21-31(13-15-35(32)42(36)51-39)28-9-10-30-22-33(12-11-29(30)20-28)37-24-47-38(50-37)26-54(19-6-2)43(56)41(52-45(58)60-4)34-8-7-17-46-23-34/h7-17,20-24,41H,5-6,18-19,25-27H2,1-4H3,(H,47,50)(H,48,57)(H,49,51)(H,52,58). The molecule has 3 heterocycles. The Morgan fingerprint density at radius 1 is 0.733 bits per heavy atom. The average Bonchev–Trinajstić information content (AvgIpc) is 3.93. The van der Waals surface area contributed by atoms with Gasteiger partial charge in [-0.05, 0) is 70.5 Å². The van der Waals surface area contributed by atoms with Crippen molar-refractivity contribution in [3.63, 3.8) is 0 Å². The van der Waals surface area contributed by atoms with Crippen LogP contribution >= 0.6 is 0 Å². The van der Waals surface area contributed by atoms with E-state index in [9.17, 15) is 19.2 Å². The van der Waals surface area contributed by atoms with E-state index in [2.05, 4.69) is 89.9 Å². The van der Waals surface area contributed by atoms with Crippen LogP contribution in [0.3, 0.4) is 0 Å². The van der Waals surface area contributed by atoms with Crippen LogP contribution in [0.5, 0.6) is 0 Å². The maximum atomic E-state index is 13.8. The van der Waals surface area contributed by atoms with Crippen molar-refractivity contribution >= 4 is 56.6 Å². The zero-order valence-corrected chi connectivity index (χ0v) is 34.0. The number of nitrogens with one attached hydrogen (secondary N) is 4. The minimum Gasteiger partial charge on any atom is -0.453 e. The number of benzene rings is 4. The monoisotopic (exact) mass is 809 g/mol. The number of hydrogen-bond donors (Lipinski definition) is 4. The van der Waals surface area contributed by atoms with Crippen molar-refractivity contribution in [2.75, 3.05) is 33.9 Å². The number of imidazole rings is 2. The van der Waals surface area contributed by atoms with Gasteiger partial charge in [-0.25, -0.2) is 19.6 Å². The number of carbonyl (C=O) groups excluding carboxylic acids is 4. The summed E-state index contributed by atoms with van der Waals surface area (Å²) in [5, 5.41) is 9.29. The predicted molar refractivity (Wildman–Crippen MR) is 228 cm³/mol. The van der Waals surface area contributed by atoms with Crippen LogP contribution in [0.25, 0.3) is 55.0 Å². The van der Waals surface area contributed by atoms with E-state index in [0.29, 0.717) is 36.7 Å². The minimum atomic E-state index is -0.968. The first kappa shape index (κ1) is 40.9. The van der Waals surface area contributed by atoms with Crippen LogP contribution in [0.2, 0.25) is 0 Å². The number of ether oxygens (including phenoxy) is 2. The second-order valence-electron chi connectivity index (χ2n) is 14.4. The Kier molecular flexibility index (Phi) is 12.6. The quantitative estimate of drug-likeness (QED) is 0.0827. The lowest BCUT2D eigenvalue weighted by atomic mass is 9.97. The molecule has 0 saturated heterocycles. The molecule has 4 N–H and O–H groups in total. The Morgan fingerprint density at radius 2 is 1.40 bits per heavy atom. The highest BCUT2D eigenvalue weighted by Crippen LogP contribution is 2.32. The number of pyridine rings is 1. The zero-order chi connectivity index (χ0) is 42.2. The smallest absolute Gasteiger partial charge is 0.407 e. The van der Waals surface area contributed by atoms with E-state index in [-0.39, 0.29) is 31.4 Å². The van der Waals surface area contributed by atoms with Crippen molar-refractivity contribution in [1.82, 2.24) is 45.4 Å². The molecular weight excluding hydrogens is 763 g/mol.